The third-order valence-electron chi connectivity index (χ3n) is 2.67. The highest BCUT2D eigenvalue weighted by atomic mass is 16.5. The number of aliphatic hydroxyl groups is 1. The smallest absolute Gasteiger partial charge is 0.232 e. The summed E-state index contributed by atoms with van der Waals surface area (Å²) in [6.07, 6.45) is 3.35. The lowest BCUT2D eigenvalue weighted by Gasteiger charge is -2.38. The number of nitrogens with zero attached hydrogens (tertiary/aromatic N) is 3. The predicted octanol–water partition coefficient (Wildman–Crippen LogP) is 4.19. The van der Waals surface area contributed by atoms with Crippen molar-refractivity contribution in [3.05, 3.63) is 18.1 Å². The van der Waals surface area contributed by atoms with Gasteiger partial charge in [-0.25, -0.2) is 4.98 Å². The Morgan fingerprint density at radius 1 is 1.00 bits per heavy atom. The number of rotatable bonds is 5. The molecule has 0 atom stereocenters. The molecule has 0 saturated carbocycles. The van der Waals surface area contributed by atoms with E-state index in [1.165, 1.54) is 0 Å². The minimum atomic E-state index is 0.233. The van der Waals surface area contributed by atoms with Crippen molar-refractivity contribution in [1.29, 1.82) is 0 Å². The molecule has 144 valence electrons. The number of aryl methyl sites for hydroxylation is 1. The zero-order valence-corrected chi connectivity index (χ0v) is 17.5. The van der Waals surface area contributed by atoms with Gasteiger partial charge in [-0.05, 0) is 6.92 Å². The molecule has 2 rings (SSSR count). The van der Waals surface area contributed by atoms with Crippen LogP contribution in [0, 0.1) is 12.8 Å². The molecule has 1 fully saturated rings. The average molecular weight is 344 g/mol. The zero-order chi connectivity index (χ0) is 19.4. The standard InChI is InChI=1S/C11H17N3O2.4C2H6/c1-9-4-13-11(5-12-9)16-8-10-6-14(7-10)2-3-15;4*1-2/h4-5,10,15H,2-3,6-8H2,1H3;4*1-2H3. The molecule has 1 aliphatic rings. The van der Waals surface area contributed by atoms with Crippen molar-refractivity contribution in [3.63, 3.8) is 0 Å². The molecule has 0 unspecified atom stereocenters. The zero-order valence-electron chi connectivity index (χ0n) is 17.5. The molecule has 5 heteroatoms. The van der Waals surface area contributed by atoms with E-state index in [4.69, 9.17) is 9.84 Å². The van der Waals surface area contributed by atoms with Crippen LogP contribution in [0.1, 0.15) is 61.1 Å². The third-order valence-corrected chi connectivity index (χ3v) is 2.67. The lowest BCUT2D eigenvalue weighted by atomic mass is 10.0. The highest BCUT2D eigenvalue weighted by molar-refractivity contribution is 5.06. The fourth-order valence-corrected chi connectivity index (χ4v) is 1.76. The maximum atomic E-state index is 8.73. The quantitative estimate of drug-likeness (QED) is 0.868. The van der Waals surface area contributed by atoms with Crippen LogP contribution in [-0.4, -0.2) is 52.8 Å². The molecule has 1 saturated heterocycles. The van der Waals surface area contributed by atoms with Gasteiger partial charge in [0.1, 0.15) is 0 Å². The fourth-order valence-electron chi connectivity index (χ4n) is 1.76. The van der Waals surface area contributed by atoms with Crippen LogP contribution in [0.4, 0.5) is 0 Å². The van der Waals surface area contributed by atoms with Gasteiger partial charge in [-0.2, -0.15) is 0 Å². The first kappa shape index (κ1) is 27.6. The minimum Gasteiger partial charge on any atom is -0.476 e. The van der Waals surface area contributed by atoms with Crippen LogP contribution >= 0.6 is 0 Å². The summed E-state index contributed by atoms with van der Waals surface area (Å²) in [5, 5.41) is 8.73. The third kappa shape index (κ3) is 13.3. The Morgan fingerprint density at radius 2 is 1.54 bits per heavy atom. The minimum absolute atomic E-state index is 0.233. The Kier molecular flexibility index (Phi) is 25.1. The second kappa shape index (κ2) is 21.8. The van der Waals surface area contributed by atoms with E-state index in [2.05, 4.69) is 14.9 Å². The van der Waals surface area contributed by atoms with Crippen LogP contribution in [0.25, 0.3) is 0 Å². The Hall–Kier alpha value is -1.20. The molecule has 0 spiro atoms. The Bertz CT molecular complexity index is 326. The van der Waals surface area contributed by atoms with E-state index in [0.29, 0.717) is 18.4 Å². The van der Waals surface area contributed by atoms with Gasteiger partial charge >= 0.3 is 0 Å². The molecule has 0 aromatic carbocycles. The highest BCUT2D eigenvalue weighted by Gasteiger charge is 2.26. The number of hydrogen-bond donors (Lipinski definition) is 1. The van der Waals surface area contributed by atoms with E-state index >= 15 is 0 Å². The van der Waals surface area contributed by atoms with E-state index in [-0.39, 0.29) is 6.61 Å². The van der Waals surface area contributed by atoms with Crippen molar-refractivity contribution in [1.82, 2.24) is 14.9 Å². The molecular weight excluding hydrogens is 302 g/mol. The monoisotopic (exact) mass is 343 g/mol. The summed E-state index contributed by atoms with van der Waals surface area (Å²) in [6, 6.07) is 0. The molecule has 2 heterocycles. The van der Waals surface area contributed by atoms with E-state index in [1.807, 2.05) is 62.3 Å². The molecule has 0 aliphatic carbocycles. The number of ether oxygens (including phenoxy) is 1. The first-order chi connectivity index (χ1) is 11.8. The molecule has 0 amide bonds. The first-order valence-corrected chi connectivity index (χ1v) is 9.52. The van der Waals surface area contributed by atoms with Crippen LogP contribution in [0.15, 0.2) is 12.4 Å². The average Bonchev–Trinajstić information content (AvgIpc) is 2.65. The SMILES string of the molecule is CC.CC.CC.CC.Cc1cnc(OCC2CN(CCO)C2)cn1. The van der Waals surface area contributed by atoms with Gasteiger partial charge < -0.3 is 14.7 Å². The normalized spacial score (nSPS) is 12.4. The molecule has 5 nitrogen and oxygen atoms in total. The van der Waals surface area contributed by atoms with Crippen molar-refractivity contribution < 1.29 is 9.84 Å². The van der Waals surface area contributed by atoms with Crippen molar-refractivity contribution >= 4 is 0 Å². The molecule has 0 bridgehead atoms. The van der Waals surface area contributed by atoms with Crippen LogP contribution in [0.5, 0.6) is 5.88 Å². The summed E-state index contributed by atoms with van der Waals surface area (Å²) in [4.78, 5) is 10.4. The predicted molar refractivity (Wildman–Crippen MR) is 105 cm³/mol. The van der Waals surface area contributed by atoms with Gasteiger partial charge in [0.05, 0.1) is 31.3 Å². The van der Waals surface area contributed by atoms with Gasteiger partial charge in [-0.1, -0.05) is 55.4 Å². The Balaban J connectivity index is -0.000000484. The van der Waals surface area contributed by atoms with Crippen molar-refractivity contribution in [3.8, 4) is 5.88 Å². The fraction of sp³-hybridized carbons (Fsp3) is 0.789. The molecule has 1 N–H and O–H groups in total. The summed E-state index contributed by atoms with van der Waals surface area (Å²) in [7, 11) is 0. The Labute approximate surface area is 150 Å². The van der Waals surface area contributed by atoms with Crippen molar-refractivity contribution in [2.45, 2.75) is 62.3 Å². The summed E-state index contributed by atoms with van der Waals surface area (Å²) in [5.41, 5.74) is 0.894. The van der Waals surface area contributed by atoms with Gasteiger partial charge in [0.25, 0.3) is 0 Å². The summed E-state index contributed by atoms with van der Waals surface area (Å²) in [6.45, 7) is 21.6. The van der Waals surface area contributed by atoms with Crippen LogP contribution < -0.4 is 4.74 Å². The number of β-amino-alcohol motifs (C(OH)–C–C–N with tert-alkyl or cyclic N) is 1. The first-order valence-electron chi connectivity index (χ1n) is 9.52. The number of aliphatic hydroxyl groups excluding tert-OH is 1. The topological polar surface area (TPSA) is 58.5 Å². The van der Waals surface area contributed by atoms with Crippen molar-refractivity contribution in [2.75, 3.05) is 32.8 Å². The number of hydrogen-bond acceptors (Lipinski definition) is 5. The van der Waals surface area contributed by atoms with Gasteiger partial charge in [0.15, 0.2) is 0 Å². The van der Waals surface area contributed by atoms with Crippen molar-refractivity contribution in [2.24, 2.45) is 5.92 Å². The van der Waals surface area contributed by atoms with Gasteiger partial charge in [-0.3, -0.25) is 4.98 Å². The second-order valence-electron chi connectivity index (χ2n) is 4.16. The van der Waals surface area contributed by atoms with Crippen LogP contribution in [-0.2, 0) is 0 Å². The molecule has 1 aromatic heterocycles. The lowest BCUT2D eigenvalue weighted by Crippen LogP contribution is -2.50. The number of aromatic nitrogens is 2. The lowest BCUT2D eigenvalue weighted by molar-refractivity contribution is 0.0467. The van der Waals surface area contributed by atoms with E-state index in [0.717, 1.165) is 25.3 Å². The molecule has 0 radical (unpaired) electrons. The van der Waals surface area contributed by atoms with Gasteiger partial charge in [0.2, 0.25) is 5.88 Å². The number of likely N-dealkylation sites (tertiary alicyclic amines) is 1. The molecule has 1 aromatic rings. The molecule has 24 heavy (non-hydrogen) atoms. The van der Waals surface area contributed by atoms with Gasteiger partial charge in [0, 0.05) is 25.6 Å². The largest absolute Gasteiger partial charge is 0.476 e. The van der Waals surface area contributed by atoms with E-state index < -0.39 is 0 Å². The van der Waals surface area contributed by atoms with Crippen LogP contribution in [0.3, 0.4) is 0 Å². The van der Waals surface area contributed by atoms with Gasteiger partial charge in [-0.15, -0.1) is 0 Å². The van der Waals surface area contributed by atoms with Crippen LogP contribution in [0.2, 0.25) is 0 Å². The highest BCUT2D eigenvalue weighted by Crippen LogP contribution is 2.16. The Morgan fingerprint density at radius 3 is 1.96 bits per heavy atom. The second-order valence-corrected chi connectivity index (χ2v) is 4.16. The van der Waals surface area contributed by atoms with E-state index in [9.17, 15) is 0 Å². The summed E-state index contributed by atoms with van der Waals surface area (Å²) < 4.78 is 5.53. The maximum Gasteiger partial charge on any atom is 0.232 e. The maximum absolute atomic E-state index is 8.73. The summed E-state index contributed by atoms with van der Waals surface area (Å²) >= 11 is 0. The molecule has 1 aliphatic heterocycles. The molecular formula is C19H41N3O2. The summed E-state index contributed by atoms with van der Waals surface area (Å²) in [5.74, 6) is 1.14. The van der Waals surface area contributed by atoms with E-state index in [1.54, 1.807) is 12.4 Å².